The van der Waals surface area contributed by atoms with Gasteiger partial charge in [0.1, 0.15) is 6.61 Å². The van der Waals surface area contributed by atoms with Gasteiger partial charge in [-0.1, -0.05) is 12.2 Å². The van der Waals surface area contributed by atoms with Crippen molar-refractivity contribution >= 4 is 12.2 Å². The lowest BCUT2D eigenvalue weighted by Crippen LogP contribution is -2.16. The summed E-state index contributed by atoms with van der Waals surface area (Å²) >= 11 is 0. The summed E-state index contributed by atoms with van der Waals surface area (Å²) in [5.41, 5.74) is 5.80. The molecule has 0 radical (unpaired) electrons. The van der Waals surface area contributed by atoms with Crippen LogP contribution in [0.25, 0.3) is 6.08 Å². The highest BCUT2D eigenvalue weighted by Gasteiger charge is 1.97. The van der Waals surface area contributed by atoms with Crippen molar-refractivity contribution in [3.05, 3.63) is 24.0 Å². The fourth-order valence-corrected chi connectivity index (χ4v) is 1.11. The van der Waals surface area contributed by atoms with E-state index in [0.717, 1.165) is 5.56 Å². The van der Waals surface area contributed by atoms with Crippen LogP contribution in [-0.4, -0.2) is 36.2 Å². The van der Waals surface area contributed by atoms with E-state index in [4.69, 9.17) is 10.5 Å². The van der Waals surface area contributed by atoms with Gasteiger partial charge in [0.15, 0.2) is 0 Å². The van der Waals surface area contributed by atoms with E-state index in [9.17, 15) is 4.79 Å². The van der Waals surface area contributed by atoms with Crippen LogP contribution >= 0.6 is 0 Å². The number of aromatic nitrogens is 2. The molecule has 0 bridgehead atoms. The first-order valence-electron chi connectivity index (χ1n) is 4.82. The molecule has 0 aliphatic carbocycles. The topological polar surface area (TPSA) is 79.4 Å². The number of primary amides is 1. The summed E-state index contributed by atoms with van der Waals surface area (Å²) in [7, 11) is 1.63. The van der Waals surface area contributed by atoms with Crippen molar-refractivity contribution in [1.82, 2.24) is 9.78 Å². The molecule has 0 fully saturated rings. The summed E-state index contributed by atoms with van der Waals surface area (Å²) in [5.74, 6) is 0. The smallest absolute Gasteiger partial charge is 0.404 e. The van der Waals surface area contributed by atoms with Gasteiger partial charge in [0, 0.05) is 18.9 Å². The first-order valence-corrected chi connectivity index (χ1v) is 4.82. The Morgan fingerprint density at radius 3 is 3.19 bits per heavy atom. The van der Waals surface area contributed by atoms with E-state index < -0.39 is 6.09 Å². The van der Waals surface area contributed by atoms with Crippen molar-refractivity contribution in [2.45, 2.75) is 6.54 Å². The third-order valence-corrected chi connectivity index (χ3v) is 1.79. The molecular weight excluding hydrogens is 210 g/mol. The number of hydrogen-bond acceptors (Lipinski definition) is 4. The van der Waals surface area contributed by atoms with Crippen LogP contribution in [0.5, 0.6) is 0 Å². The molecule has 1 heterocycles. The number of ether oxygens (including phenoxy) is 2. The van der Waals surface area contributed by atoms with Gasteiger partial charge in [0.25, 0.3) is 0 Å². The zero-order valence-corrected chi connectivity index (χ0v) is 9.13. The van der Waals surface area contributed by atoms with Gasteiger partial charge in [-0.3, -0.25) is 4.68 Å². The minimum atomic E-state index is -0.771. The molecule has 88 valence electrons. The summed E-state index contributed by atoms with van der Waals surface area (Å²) < 4.78 is 11.1. The monoisotopic (exact) mass is 225 g/mol. The quantitative estimate of drug-likeness (QED) is 0.770. The predicted octanol–water partition coefficient (Wildman–Crippen LogP) is 0.638. The summed E-state index contributed by atoms with van der Waals surface area (Å²) in [6, 6.07) is 0. The van der Waals surface area contributed by atoms with E-state index in [2.05, 4.69) is 9.84 Å². The van der Waals surface area contributed by atoms with Crippen LogP contribution in [0.4, 0.5) is 4.79 Å². The molecule has 1 aromatic rings. The van der Waals surface area contributed by atoms with E-state index in [1.165, 1.54) is 0 Å². The SMILES string of the molecule is COCC=Cc1cnn(CCOC(N)=O)c1. The standard InChI is InChI=1S/C10H15N3O3/c1-15-5-2-3-9-7-12-13(8-9)4-6-16-10(11)14/h2-3,7-8H,4-6H2,1H3,(H2,11,14). The number of rotatable bonds is 6. The van der Waals surface area contributed by atoms with Crippen LogP contribution < -0.4 is 5.73 Å². The average molecular weight is 225 g/mol. The Morgan fingerprint density at radius 2 is 2.50 bits per heavy atom. The fraction of sp³-hybridized carbons (Fsp3) is 0.400. The number of nitrogens with zero attached hydrogens (tertiary/aromatic N) is 2. The molecule has 6 nitrogen and oxygen atoms in total. The molecule has 0 aliphatic heterocycles. The molecule has 0 unspecified atom stereocenters. The molecule has 0 atom stereocenters. The lowest BCUT2D eigenvalue weighted by atomic mass is 10.3. The molecule has 6 heteroatoms. The molecule has 16 heavy (non-hydrogen) atoms. The lowest BCUT2D eigenvalue weighted by molar-refractivity contribution is 0.151. The highest BCUT2D eigenvalue weighted by molar-refractivity contribution is 5.64. The fourth-order valence-electron chi connectivity index (χ4n) is 1.11. The summed E-state index contributed by atoms with van der Waals surface area (Å²) in [6.45, 7) is 1.27. The second kappa shape index (κ2) is 6.62. The number of nitrogens with two attached hydrogens (primary N) is 1. The molecule has 1 aromatic heterocycles. The molecule has 0 aromatic carbocycles. The van der Waals surface area contributed by atoms with E-state index in [1.807, 2.05) is 18.3 Å². The third-order valence-electron chi connectivity index (χ3n) is 1.79. The van der Waals surface area contributed by atoms with Crippen LogP contribution in [0.3, 0.4) is 0 Å². The summed E-state index contributed by atoms with van der Waals surface area (Å²) in [6.07, 6.45) is 6.59. The van der Waals surface area contributed by atoms with Gasteiger partial charge in [-0.25, -0.2) is 4.79 Å². The van der Waals surface area contributed by atoms with Gasteiger partial charge >= 0.3 is 6.09 Å². The van der Waals surface area contributed by atoms with Gasteiger partial charge in [-0.2, -0.15) is 5.10 Å². The molecule has 2 N–H and O–H groups in total. The molecule has 1 rings (SSSR count). The van der Waals surface area contributed by atoms with Gasteiger partial charge in [0.2, 0.25) is 0 Å². The molecule has 0 spiro atoms. The summed E-state index contributed by atoms with van der Waals surface area (Å²) in [5, 5.41) is 4.08. The maximum absolute atomic E-state index is 10.3. The van der Waals surface area contributed by atoms with Gasteiger partial charge in [0.05, 0.1) is 19.3 Å². The van der Waals surface area contributed by atoms with Gasteiger partial charge in [-0.05, 0) is 0 Å². The average Bonchev–Trinajstić information content (AvgIpc) is 2.66. The Balaban J connectivity index is 2.36. The Labute approximate surface area is 93.6 Å². The Morgan fingerprint density at radius 1 is 1.69 bits per heavy atom. The second-order valence-corrected chi connectivity index (χ2v) is 3.06. The highest BCUT2D eigenvalue weighted by Crippen LogP contribution is 2.00. The zero-order chi connectivity index (χ0) is 11.8. The predicted molar refractivity (Wildman–Crippen MR) is 58.7 cm³/mol. The third kappa shape index (κ3) is 4.61. The molecule has 0 saturated heterocycles. The molecular formula is C10H15N3O3. The Bertz CT molecular complexity index is 360. The van der Waals surface area contributed by atoms with Crippen molar-refractivity contribution in [3.8, 4) is 0 Å². The van der Waals surface area contributed by atoms with E-state index in [1.54, 1.807) is 18.0 Å². The largest absolute Gasteiger partial charge is 0.448 e. The van der Waals surface area contributed by atoms with Crippen LogP contribution in [0.2, 0.25) is 0 Å². The number of hydrogen-bond donors (Lipinski definition) is 1. The van der Waals surface area contributed by atoms with Crippen molar-refractivity contribution < 1.29 is 14.3 Å². The maximum atomic E-state index is 10.3. The summed E-state index contributed by atoms with van der Waals surface area (Å²) in [4.78, 5) is 10.3. The molecule has 0 saturated carbocycles. The normalized spacial score (nSPS) is 10.8. The van der Waals surface area contributed by atoms with Gasteiger partial charge in [-0.15, -0.1) is 0 Å². The minimum Gasteiger partial charge on any atom is -0.448 e. The highest BCUT2D eigenvalue weighted by atomic mass is 16.5. The maximum Gasteiger partial charge on any atom is 0.404 e. The van der Waals surface area contributed by atoms with E-state index >= 15 is 0 Å². The number of carbonyl (C=O) groups is 1. The molecule has 1 amide bonds. The van der Waals surface area contributed by atoms with E-state index in [0.29, 0.717) is 13.2 Å². The van der Waals surface area contributed by atoms with Crippen LogP contribution in [0.1, 0.15) is 5.56 Å². The zero-order valence-electron chi connectivity index (χ0n) is 9.13. The van der Waals surface area contributed by atoms with Crippen molar-refractivity contribution in [2.75, 3.05) is 20.3 Å². The van der Waals surface area contributed by atoms with E-state index in [-0.39, 0.29) is 6.61 Å². The number of methoxy groups -OCH3 is 1. The minimum absolute atomic E-state index is 0.220. The van der Waals surface area contributed by atoms with Crippen molar-refractivity contribution in [2.24, 2.45) is 5.73 Å². The number of amides is 1. The van der Waals surface area contributed by atoms with Crippen molar-refractivity contribution in [1.29, 1.82) is 0 Å². The Kier molecular flexibility index (Phi) is 5.07. The molecule has 0 aliphatic rings. The van der Waals surface area contributed by atoms with Crippen LogP contribution in [-0.2, 0) is 16.0 Å². The number of carbonyl (C=O) groups excluding carboxylic acids is 1. The lowest BCUT2D eigenvalue weighted by Gasteiger charge is -2.00. The van der Waals surface area contributed by atoms with Crippen LogP contribution in [0, 0.1) is 0 Å². The van der Waals surface area contributed by atoms with Crippen LogP contribution in [0.15, 0.2) is 18.5 Å². The van der Waals surface area contributed by atoms with Crippen molar-refractivity contribution in [3.63, 3.8) is 0 Å². The first-order chi connectivity index (χ1) is 7.72. The Hall–Kier alpha value is -1.82. The van der Waals surface area contributed by atoms with Gasteiger partial charge < -0.3 is 15.2 Å². The second-order valence-electron chi connectivity index (χ2n) is 3.06. The first kappa shape index (κ1) is 12.3.